The van der Waals surface area contributed by atoms with Gasteiger partial charge in [-0.1, -0.05) is 13.3 Å². The van der Waals surface area contributed by atoms with Gasteiger partial charge >= 0.3 is 5.97 Å². The summed E-state index contributed by atoms with van der Waals surface area (Å²) >= 11 is 0. The third kappa shape index (κ3) is 11.9. The minimum absolute atomic E-state index is 0. The summed E-state index contributed by atoms with van der Waals surface area (Å²) in [5.41, 5.74) is 0. The molecule has 0 aliphatic heterocycles. The van der Waals surface area contributed by atoms with Crippen molar-refractivity contribution in [2.75, 3.05) is 6.61 Å². The maximum Gasteiger partial charge on any atom is 0.315 e. The van der Waals surface area contributed by atoms with Gasteiger partial charge in [-0.05, 0) is 20.3 Å². The number of hydrogen-bond donors (Lipinski definition) is 0. The molecule has 0 fully saturated rings. The second kappa shape index (κ2) is 10.5. The van der Waals surface area contributed by atoms with Crippen LogP contribution < -0.4 is 0 Å². The van der Waals surface area contributed by atoms with E-state index in [9.17, 15) is 9.59 Å². The molecule has 0 N–H and O–H groups in total. The van der Waals surface area contributed by atoms with Gasteiger partial charge in [-0.15, -0.1) is 0 Å². The molecule has 15 heavy (non-hydrogen) atoms. The van der Waals surface area contributed by atoms with Crippen LogP contribution in [-0.2, 0) is 45.3 Å². The molecule has 0 rings (SSSR count). The number of carbonyl (C=O) groups is 2. The van der Waals surface area contributed by atoms with E-state index in [2.05, 4.69) is 6.92 Å². The third-order valence-electron chi connectivity index (χ3n) is 1.54. The average molecular weight is 293 g/mol. The van der Waals surface area contributed by atoms with Gasteiger partial charge in [0.2, 0.25) is 0 Å². The summed E-state index contributed by atoms with van der Waals surface area (Å²) in [4.78, 5) is 21.5. The number of esters is 1. The van der Waals surface area contributed by atoms with Crippen molar-refractivity contribution in [3.63, 3.8) is 0 Å². The summed E-state index contributed by atoms with van der Waals surface area (Å²) in [7, 11) is 0. The minimum atomic E-state index is -0.562. The first kappa shape index (κ1) is 17.4. The van der Waals surface area contributed by atoms with E-state index < -0.39 is 12.3 Å². The molecule has 0 radical (unpaired) electrons. The number of unbranched alkanes of at least 4 members (excludes halogenated alkanes) is 1. The first-order chi connectivity index (χ1) is 6.56. The molecule has 86 valence electrons. The summed E-state index contributed by atoms with van der Waals surface area (Å²) in [6.07, 6.45) is 1.23. The Morgan fingerprint density at radius 1 is 1.33 bits per heavy atom. The molecule has 0 aromatic rings. The topological polar surface area (TPSA) is 52.6 Å². The van der Waals surface area contributed by atoms with Crippen LogP contribution >= 0.6 is 0 Å². The fraction of sp³-hybridized carbons (Fsp3) is 0.800. The SMILES string of the molecule is CCCCOC(C)OC(=O)CC(C)=O.[Zr]. The zero-order chi connectivity index (χ0) is 11.0. The minimum Gasteiger partial charge on any atom is -0.436 e. The molecule has 0 aromatic heterocycles. The Morgan fingerprint density at radius 2 is 1.93 bits per heavy atom. The van der Waals surface area contributed by atoms with Crippen molar-refractivity contribution in [2.45, 2.75) is 46.3 Å². The van der Waals surface area contributed by atoms with E-state index in [0.717, 1.165) is 12.8 Å². The van der Waals surface area contributed by atoms with E-state index in [-0.39, 0.29) is 38.4 Å². The van der Waals surface area contributed by atoms with Gasteiger partial charge in [-0.3, -0.25) is 9.59 Å². The Morgan fingerprint density at radius 3 is 2.40 bits per heavy atom. The molecule has 5 heteroatoms. The predicted molar refractivity (Wildman–Crippen MR) is 51.7 cm³/mol. The van der Waals surface area contributed by atoms with E-state index >= 15 is 0 Å². The van der Waals surface area contributed by atoms with Crippen molar-refractivity contribution in [3.8, 4) is 0 Å². The molecule has 0 spiro atoms. The fourth-order valence-electron chi connectivity index (χ4n) is 0.858. The van der Waals surface area contributed by atoms with E-state index in [4.69, 9.17) is 9.47 Å². The van der Waals surface area contributed by atoms with Crippen LogP contribution in [0.2, 0.25) is 0 Å². The molecule has 0 saturated heterocycles. The fourth-order valence-corrected chi connectivity index (χ4v) is 0.858. The van der Waals surface area contributed by atoms with E-state index in [1.165, 1.54) is 6.92 Å². The van der Waals surface area contributed by atoms with Gasteiger partial charge in [0.1, 0.15) is 12.2 Å². The van der Waals surface area contributed by atoms with Crippen LogP contribution in [0, 0.1) is 0 Å². The number of ketones is 1. The van der Waals surface area contributed by atoms with Crippen molar-refractivity contribution in [2.24, 2.45) is 0 Å². The molecule has 0 aromatic carbocycles. The number of hydrogen-bond acceptors (Lipinski definition) is 4. The molecule has 0 bridgehead atoms. The van der Waals surface area contributed by atoms with Crippen LogP contribution in [0.25, 0.3) is 0 Å². The van der Waals surface area contributed by atoms with Crippen molar-refractivity contribution in [1.29, 1.82) is 0 Å². The maximum absolute atomic E-state index is 11.0. The monoisotopic (exact) mass is 292 g/mol. The van der Waals surface area contributed by atoms with E-state index in [1.54, 1.807) is 6.92 Å². The van der Waals surface area contributed by atoms with Crippen LogP contribution in [0.5, 0.6) is 0 Å². The van der Waals surface area contributed by atoms with Crippen molar-refractivity contribution in [3.05, 3.63) is 0 Å². The van der Waals surface area contributed by atoms with Gasteiger partial charge in [0, 0.05) is 26.2 Å². The second-order valence-electron chi connectivity index (χ2n) is 3.16. The Kier molecular flexibility index (Phi) is 12.2. The van der Waals surface area contributed by atoms with Gasteiger partial charge in [-0.25, -0.2) is 0 Å². The molecule has 0 amide bonds. The predicted octanol–water partition coefficient (Wildman–Crippen LogP) is 1.67. The van der Waals surface area contributed by atoms with Crippen LogP contribution in [-0.4, -0.2) is 24.6 Å². The first-order valence-electron chi connectivity index (χ1n) is 4.86. The molecule has 0 saturated carbocycles. The number of carbonyl (C=O) groups excluding carboxylic acids is 2. The van der Waals surface area contributed by atoms with Crippen LogP contribution in [0.1, 0.15) is 40.0 Å². The van der Waals surface area contributed by atoms with Gasteiger partial charge in [-0.2, -0.15) is 0 Å². The molecule has 0 aliphatic rings. The molecule has 0 aliphatic carbocycles. The van der Waals surface area contributed by atoms with Crippen molar-refractivity contribution >= 4 is 11.8 Å². The summed E-state index contributed by atoms with van der Waals surface area (Å²) in [5.74, 6) is -0.725. The van der Waals surface area contributed by atoms with E-state index in [0.29, 0.717) is 6.61 Å². The maximum atomic E-state index is 11.0. The van der Waals surface area contributed by atoms with E-state index in [1.807, 2.05) is 0 Å². The quantitative estimate of drug-likeness (QED) is 0.310. The summed E-state index contributed by atoms with van der Waals surface area (Å²) in [6, 6.07) is 0. The molecular weight excluding hydrogens is 275 g/mol. The summed E-state index contributed by atoms with van der Waals surface area (Å²) in [6.45, 7) is 5.62. The molecule has 0 heterocycles. The normalized spacial score (nSPS) is 11.4. The van der Waals surface area contributed by atoms with Gasteiger partial charge in [0.15, 0.2) is 6.29 Å². The van der Waals surface area contributed by atoms with Gasteiger partial charge in [0.25, 0.3) is 0 Å². The zero-order valence-corrected chi connectivity index (χ0v) is 12.0. The Hall–Kier alpha value is -0.0169. The van der Waals surface area contributed by atoms with Crippen molar-refractivity contribution < 1.29 is 45.3 Å². The van der Waals surface area contributed by atoms with Crippen molar-refractivity contribution in [1.82, 2.24) is 0 Å². The van der Waals surface area contributed by atoms with Crippen LogP contribution in [0.15, 0.2) is 0 Å². The summed E-state index contributed by atoms with van der Waals surface area (Å²) in [5, 5.41) is 0. The molecule has 1 atom stereocenters. The molecule has 1 unspecified atom stereocenters. The first-order valence-corrected chi connectivity index (χ1v) is 4.86. The third-order valence-corrected chi connectivity index (χ3v) is 1.54. The Labute approximate surface area is 110 Å². The molecule has 4 nitrogen and oxygen atoms in total. The Bertz CT molecular complexity index is 194. The Balaban J connectivity index is 0. The average Bonchev–Trinajstić information content (AvgIpc) is 2.02. The zero-order valence-electron chi connectivity index (χ0n) is 9.54. The largest absolute Gasteiger partial charge is 0.436 e. The van der Waals surface area contributed by atoms with Crippen LogP contribution in [0.3, 0.4) is 0 Å². The smallest absolute Gasteiger partial charge is 0.315 e. The van der Waals surface area contributed by atoms with Gasteiger partial charge < -0.3 is 9.47 Å². The molecular formula is C10H18O4Zr. The second-order valence-corrected chi connectivity index (χ2v) is 3.16. The number of ether oxygens (including phenoxy) is 2. The number of rotatable bonds is 7. The number of Topliss-reactive ketones (excluding diaryl/α,β-unsaturated/α-hetero) is 1. The van der Waals surface area contributed by atoms with Gasteiger partial charge in [0.05, 0.1) is 6.61 Å². The van der Waals surface area contributed by atoms with Crippen LogP contribution in [0.4, 0.5) is 0 Å². The standard InChI is InChI=1S/C10H18O4.Zr/c1-4-5-6-13-9(3)14-10(12)7-8(2)11;/h9H,4-7H2,1-3H3;. The summed E-state index contributed by atoms with van der Waals surface area (Å²) < 4.78 is 10.0.